The van der Waals surface area contributed by atoms with Crippen molar-refractivity contribution in [3.8, 4) is 17.2 Å². The van der Waals surface area contributed by atoms with Crippen molar-refractivity contribution in [1.82, 2.24) is 24.6 Å². The van der Waals surface area contributed by atoms with Crippen LogP contribution >= 0.6 is 0 Å². The smallest absolute Gasteiger partial charge is 0.219 e. The standard InChI is InChI=1S/C25H39N3O3.C24H32N2O3/c1-22(29)28-16-14-27(15-17-28)21-25(9-19-30-20-10-25)23-5-7-24(8-6-23)31-18-4-13-26-11-2-3-12-26;1-2-15-26(14-1)16-3-17-28-22-6-4-21(5-7-22)24(10-18-27-19-11-24)20-29-23-8-12-25-13-9-23/h5-8H,2-4,9-21H2,1H3;4-9,12-13H,1-3,10-11,14-20H2. The molecule has 0 saturated carbocycles. The molecular formula is C49H71N5O6. The summed E-state index contributed by atoms with van der Waals surface area (Å²) in [5, 5.41) is 0. The number of ether oxygens (including phenoxy) is 5. The Morgan fingerprint density at radius 2 is 1.02 bits per heavy atom. The van der Waals surface area contributed by atoms with Crippen LogP contribution in [0.2, 0.25) is 0 Å². The summed E-state index contributed by atoms with van der Waals surface area (Å²) < 4.78 is 29.5. The lowest BCUT2D eigenvalue weighted by molar-refractivity contribution is -0.130. The highest BCUT2D eigenvalue weighted by atomic mass is 16.5. The summed E-state index contributed by atoms with van der Waals surface area (Å²) in [5.74, 6) is 2.98. The number of carbonyl (C=O) groups excluding carboxylic acids is 1. The van der Waals surface area contributed by atoms with Crippen LogP contribution in [-0.4, -0.2) is 149 Å². The highest BCUT2D eigenvalue weighted by molar-refractivity contribution is 5.73. The third kappa shape index (κ3) is 12.9. The van der Waals surface area contributed by atoms with Crippen LogP contribution in [0, 0.1) is 0 Å². The quantitative estimate of drug-likeness (QED) is 0.135. The first-order valence-corrected chi connectivity index (χ1v) is 23.1. The lowest BCUT2D eigenvalue weighted by Gasteiger charge is -2.44. The maximum atomic E-state index is 11.6. The molecule has 0 unspecified atom stereocenters. The zero-order chi connectivity index (χ0) is 41.3. The number of piperazine rings is 1. The summed E-state index contributed by atoms with van der Waals surface area (Å²) in [7, 11) is 0. The Morgan fingerprint density at radius 3 is 1.50 bits per heavy atom. The van der Waals surface area contributed by atoms with E-state index in [0.29, 0.717) is 6.61 Å². The predicted octanol–water partition coefficient (Wildman–Crippen LogP) is 6.84. The van der Waals surface area contributed by atoms with E-state index < -0.39 is 0 Å². The molecule has 60 heavy (non-hydrogen) atoms. The van der Waals surface area contributed by atoms with Crippen molar-refractivity contribution in [2.24, 2.45) is 0 Å². The van der Waals surface area contributed by atoms with Crippen molar-refractivity contribution >= 4 is 5.91 Å². The molecule has 0 atom stereocenters. The molecule has 0 N–H and O–H groups in total. The van der Waals surface area contributed by atoms with Crippen LogP contribution in [0.3, 0.4) is 0 Å². The Kier molecular flexibility index (Phi) is 16.9. The molecule has 0 radical (unpaired) electrons. The molecule has 5 aliphatic heterocycles. The molecule has 328 valence electrons. The lowest BCUT2D eigenvalue weighted by Crippen LogP contribution is -2.53. The van der Waals surface area contributed by atoms with Gasteiger partial charge in [0.15, 0.2) is 0 Å². The van der Waals surface area contributed by atoms with Gasteiger partial charge in [-0.05, 0) is 138 Å². The number of nitrogens with zero attached hydrogens (tertiary/aromatic N) is 5. The van der Waals surface area contributed by atoms with Gasteiger partial charge in [-0.15, -0.1) is 0 Å². The average molecular weight is 826 g/mol. The molecule has 5 fully saturated rings. The Hall–Kier alpha value is -3.74. The number of rotatable bonds is 17. The van der Waals surface area contributed by atoms with Crippen molar-refractivity contribution < 1.29 is 28.5 Å². The first-order chi connectivity index (χ1) is 29.5. The van der Waals surface area contributed by atoms with Gasteiger partial charge in [-0.1, -0.05) is 24.3 Å². The van der Waals surface area contributed by atoms with Crippen LogP contribution in [0.15, 0.2) is 73.1 Å². The number of amides is 1. The fraction of sp³-hybridized carbons (Fsp3) is 0.633. The van der Waals surface area contributed by atoms with Gasteiger partial charge in [0, 0.05) is 102 Å². The molecule has 6 heterocycles. The molecule has 0 aliphatic carbocycles. The number of pyridine rings is 1. The predicted molar refractivity (Wildman–Crippen MR) is 236 cm³/mol. The molecule has 5 saturated heterocycles. The molecule has 8 rings (SSSR count). The van der Waals surface area contributed by atoms with Crippen LogP contribution in [0.4, 0.5) is 0 Å². The fourth-order valence-electron chi connectivity index (χ4n) is 9.66. The molecule has 1 amide bonds. The highest BCUT2D eigenvalue weighted by Crippen LogP contribution is 2.38. The number of aromatic nitrogens is 1. The summed E-state index contributed by atoms with van der Waals surface area (Å²) in [5.41, 5.74) is 2.81. The van der Waals surface area contributed by atoms with Gasteiger partial charge in [0.2, 0.25) is 5.91 Å². The Balaban J connectivity index is 0.000000182. The average Bonchev–Trinajstić information content (AvgIpc) is 4.03. The number of hydrogen-bond donors (Lipinski definition) is 0. The van der Waals surface area contributed by atoms with E-state index in [1.54, 1.807) is 19.3 Å². The Labute approximate surface area is 359 Å². The zero-order valence-corrected chi connectivity index (χ0v) is 36.4. The second kappa shape index (κ2) is 22.9. The maximum Gasteiger partial charge on any atom is 0.219 e. The van der Waals surface area contributed by atoms with Crippen LogP contribution in [0.25, 0.3) is 0 Å². The molecule has 3 aromatic rings. The summed E-state index contributed by atoms with van der Waals surface area (Å²) in [6.07, 6.45) is 15.1. The molecule has 1 aromatic heterocycles. The minimum absolute atomic E-state index is 0.0181. The highest BCUT2D eigenvalue weighted by Gasteiger charge is 2.38. The molecule has 11 heteroatoms. The largest absolute Gasteiger partial charge is 0.494 e. The van der Waals surface area contributed by atoms with Gasteiger partial charge in [-0.3, -0.25) is 14.7 Å². The van der Waals surface area contributed by atoms with Gasteiger partial charge >= 0.3 is 0 Å². The Morgan fingerprint density at radius 1 is 0.567 bits per heavy atom. The number of benzene rings is 2. The number of likely N-dealkylation sites (tertiary alicyclic amines) is 2. The van der Waals surface area contributed by atoms with Gasteiger partial charge in [0.1, 0.15) is 17.2 Å². The SMILES string of the molecule is CC(=O)N1CCN(CC2(c3ccc(OCCCN4CCCC4)cc3)CCOCC2)CC1.c1cc(OCC2(c3ccc(OCCCN4CCCC4)cc3)CCOCC2)ccn1. The third-order valence-electron chi connectivity index (χ3n) is 13.5. The summed E-state index contributed by atoms with van der Waals surface area (Å²) in [4.78, 5) is 25.3. The molecule has 2 aromatic carbocycles. The first-order valence-electron chi connectivity index (χ1n) is 23.1. The van der Waals surface area contributed by atoms with E-state index in [2.05, 4.69) is 68.2 Å². The van der Waals surface area contributed by atoms with Crippen molar-refractivity contribution in [2.45, 2.75) is 82.0 Å². The molecule has 0 bridgehead atoms. The van der Waals surface area contributed by atoms with Gasteiger partial charge < -0.3 is 38.4 Å². The summed E-state index contributed by atoms with van der Waals surface area (Å²) in [6.45, 7) is 19.0. The first kappa shape index (κ1) is 44.3. The molecular weight excluding hydrogens is 755 g/mol. The van der Waals surface area contributed by atoms with Crippen LogP contribution in [0.1, 0.15) is 82.3 Å². The zero-order valence-electron chi connectivity index (χ0n) is 36.4. The van der Waals surface area contributed by atoms with Crippen LogP contribution in [0.5, 0.6) is 17.2 Å². The van der Waals surface area contributed by atoms with Crippen molar-refractivity contribution in [1.29, 1.82) is 0 Å². The van der Waals surface area contributed by atoms with E-state index in [1.807, 2.05) is 17.0 Å². The van der Waals surface area contributed by atoms with Gasteiger partial charge in [0.25, 0.3) is 0 Å². The van der Waals surface area contributed by atoms with E-state index in [-0.39, 0.29) is 16.7 Å². The molecule has 11 nitrogen and oxygen atoms in total. The van der Waals surface area contributed by atoms with E-state index in [4.69, 9.17) is 23.7 Å². The van der Waals surface area contributed by atoms with E-state index in [1.165, 1.54) is 63.0 Å². The number of carbonyl (C=O) groups is 1. The topological polar surface area (TPSA) is 89.1 Å². The second-order valence-electron chi connectivity index (χ2n) is 17.6. The molecule has 5 aliphatic rings. The van der Waals surface area contributed by atoms with E-state index in [0.717, 1.165) is 141 Å². The lowest BCUT2D eigenvalue weighted by atomic mass is 9.73. The van der Waals surface area contributed by atoms with Gasteiger partial charge in [0.05, 0.1) is 19.8 Å². The fourth-order valence-corrected chi connectivity index (χ4v) is 9.66. The van der Waals surface area contributed by atoms with Gasteiger partial charge in [-0.2, -0.15) is 0 Å². The minimum Gasteiger partial charge on any atom is -0.494 e. The van der Waals surface area contributed by atoms with Crippen molar-refractivity contribution in [3.63, 3.8) is 0 Å². The normalized spacial score (nSPS) is 20.9. The van der Waals surface area contributed by atoms with E-state index >= 15 is 0 Å². The molecule has 0 spiro atoms. The summed E-state index contributed by atoms with van der Waals surface area (Å²) in [6, 6.07) is 21.3. The minimum atomic E-state index is -0.0181. The second-order valence-corrected chi connectivity index (χ2v) is 17.6. The van der Waals surface area contributed by atoms with E-state index in [9.17, 15) is 4.79 Å². The van der Waals surface area contributed by atoms with Crippen LogP contribution < -0.4 is 14.2 Å². The van der Waals surface area contributed by atoms with Crippen LogP contribution in [-0.2, 0) is 25.1 Å². The van der Waals surface area contributed by atoms with Crippen molar-refractivity contribution in [3.05, 3.63) is 84.2 Å². The summed E-state index contributed by atoms with van der Waals surface area (Å²) >= 11 is 0. The number of hydrogen-bond acceptors (Lipinski definition) is 10. The third-order valence-corrected chi connectivity index (χ3v) is 13.5. The monoisotopic (exact) mass is 826 g/mol. The van der Waals surface area contributed by atoms with Crippen molar-refractivity contribution in [2.75, 3.05) is 118 Å². The Bertz CT molecular complexity index is 1660. The van der Waals surface area contributed by atoms with Gasteiger partial charge in [-0.25, -0.2) is 0 Å². The maximum absolute atomic E-state index is 11.6.